The largest absolute Gasteiger partial charge is 0.373 e. The number of pyridine rings is 2. The van der Waals surface area contributed by atoms with Crippen molar-refractivity contribution in [3.05, 3.63) is 89.1 Å². The Morgan fingerprint density at radius 2 is 1.76 bits per heavy atom. The number of aromatic amines is 1. The van der Waals surface area contributed by atoms with E-state index in [0.717, 1.165) is 0 Å². The minimum Gasteiger partial charge on any atom is -0.373 e. The van der Waals surface area contributed by atoms with Gasteiger partial charge in [0.15, 0.2) is 11.4 Å². The van der Waals surface area contributed by atoms with Gasteiger partial charge in [0.1, 0.15) is 16.8 Å². The maximum Gasteiger partial charge on any atom is 0.234 e. The Bertz CT molecular complexity index is 1660. The van der Waals surface area contributed by atoms with Crippen LogP contribution in [0.15, 0.2) is 59.4 Å². The summed E-state index contributed by atoms with van der Waals surface area (Å²) in [5.41, 5.74) is -0.606. The molecule has 4 heterocycles. The van der Waals surface area contributed by atoms with Crippen LogP contribution < -0.4 is 4.72 Å². The molecule has 0 aliphatic rings. The zero-order valence-corrected chi connectivity index (χ0v) is 21.7. The van der Waals surface area contributed by atoms with E-state index in [1.54, 1.807) is 57.2 Å². The van der Waals surface area contributed by atoms with Crippen LogP contribution >= 0.6 is 0 Å². The summed E-state index contributed by atoms with van der Waals surface area (Å²) >= 11 is 0. The molecule has 0 atom stereocenters. The molecular formula is C26H25FN6O4S. The molecule has 1 aromatic carbocycles. The van der Waals surface area contributed by atoms with Crippen molar-refractivity contribution in [3.63, 3.8) is 0 Å². The van der Waals surface area contributed by atoms with Gasteiger partial charge < -0.3 is 14.6 Å². The highest BCUT2D eigenvalue weighted by molar-refractivity contribution is 7.92. The number of sulfonamides is 1. The van der Waals surface area contributed by atoms with Crippen molar-refractivity contribution >= 4 is 27.0 Å². The molecule has 0 aliphatic heterocycles. The number of nitrogens with zero attached hydrogens (tertiary/aromatic N) is 4. The maximum atomic E-state index is 16.1. The van der Waals surface area contributed by atoms with E-state index in [4.69, 9.17) is 4.52 Å². The third kappa shape index (κ3) is 4.31. The molecule has 10 nitrogen and oxygen atoms in total. The van der Waals surface area contributed by atoms with Gasteiger partial charge in [0, 0.05) is 23.5 Å². The number of aryl methyl sites for hydroxylation is 2. The highest BCUT2D eigenvalue weighted by Gasteiger charge is 2.40. The normalized spacial score (nSPS) is 12.2. The molecule has 0 fully saturated rings. The van der Waals surface area contributed by atoms with Crippen molar-refractivity contribution < 1.29 is 22.4 Å². The van der Waals surface area contributed by atoms with E-state index in [-0.39, 0.29) is 45.2 Å². The van der Waals surface area contributed by atoms with Gasteiger partial charge in [-0.1, -0.05) is 24.2 Å². The average molecular weight is 537 g/mol. The Morgan fingerprint density at radius 1 is 1.11 bits per heavy atom. The summed E-state index contributed by atoms with van der Waals surface area (Å²) in [6.07, 6.45) is 3.42. The van der Waals surface area contributed by atoms with Crippen molar-refractivity contribution in [1.82, 2.24) is 25.1 Å². The maximum absolute atomic E-state index is 16.1. The third-order valence-corrected chi connectivity index (χ3v) is 7.64. The minimum atomic E-state index is -3.74. The van der Waals surface area contributed by atoms with Crippen molar-refractivity contribution in [2.45, 2.75) is 32.8 Å². The Hall–Kier alpha value is -4.16. The van der Waals surface area contributed by atoms with Crippen LogP contribution in [0.4, 0.5) is 10.3 Å². The smallest absolute Gasteiger partial charge is 0.234 e. The summed E-state index contributed by atoms with van der Waals surface area (Å²) in [4.78, 5) is 15.9. The lowest BCUT2D eigenvalue weighted by atomic mass is 9.83. The number of aliphatic hydroxyl groups is 1. The summed E-state index contributed by atoms with van der Waals surface area (Å²) < 4.78 is 48.7. The van der Waals surface area contributed by atoms with E-state index in [9.17, 15) is 13.5 Å². The molecule has 5 rings (SSSR count). The van der Waals surface area contributed by atoms with Crippen LogP contribution in [0.2, 0.25) is 0 Å². The zero-order valence-electron chi connectivity index (χ0n) is 20.9. The first-order chi connectivity index (χ1) is 18.2. The fourth-order valence-corrected chi connectivity index (χ4v) is 5.57. The summed E-state index contributed by atoms with van der Waals surface area (Å²) in [5.74, 6) is -0.672. The fraction of sp³-hybridized carbons (Fsp3) is 0.231. The van der Waals surface area contributed by atoms with E-state index < -0.39 is 21.4 Å². The molecule has 0 saturated carbocycles. The molecule has 5 aromatic rings. The van der Waals surface area contributed by atoms with Gasteiger partial charge >= 0.3 is 0 Å². The number of hydrogen-bond donors (Lipinski definition) is 3. The number of imidazole rings is 1. The van der Waals surface area contributed by atoms with Crippen LogP contribution in [0.1, 0.15) is 41.8 Å². The summed E-state index contributed by atoms with van der Waals surface area (Å²) in [6, 6.07) is 11.5. The zero-order chi connectivity index (χ0) is 27.1. The first-order valence-electron chi connectivity index (χ1n) is 11.9. The SMILES string of the molecule is CCCS(=O)(=O)Nc1nc2c(C(O)(c3ccccn3)c3ccccn3)cc(-c3c(C)noc3C)c(F)c2[nH]1. The molecule has 12 heteroatoms. The molecule has 0 bridgehead atoms. The van der Waals surface area contributed by atoms with Crippen molar-refractivity contribution in [2.24, 2.45) is 0 Å². The molecule has 4 aromatic heterocycles. The molecule has 0 aliphatic carbocycles. The van der Waals surface area contributed by atoms with Crippen LogP contribution in [0.3, 0.4) is 0 Å². The highest BCUT2D eigenvalue weighted by Crippen LogP contribution is 2.43. The van der Waals surface area contributed by atoms with Gasteiger partial charge in [-0.3, -0.25) is 14.7 Å². The first-order valence-corrected chi connectivity index (χ1v) is 13.5. The van der Waals surface area contributed by atoms with E-state index in [1.165, 1.54) is 18.5 Å². The molecule has 0 saturated heterocycles. The van der Waals surface area contributed by atoms with Crippen LogP contribution in [0.5, 0.6) is 0 Å². The number of rotatable bonds is 8. The first kappa shape index (κ1) is 25.5. The lowest BCUT2D eigenvalue weighted by Gasteiger charge is -2.28. The van der Waals surface area contributed by atoms with E-state index >= 15 is 4.39 Å². The van der Waals surface area contributed by atoms with Gasteiger partial charge in [-0.05, 0) is 50.6 Å². The molecule has 38 heavy (non-hydrogen) atoms. The van der Waals surface area contributed by atoms with Crippen LogP contribution in [0, 0.1) is 19.7 Å². The molecule has 0 unspecified atom stereocenters. The lowest BCUT2D eigenvalue weighted by Crippen LogP contribution is -2.31. The Labute approximate surface area is 218 Å². The molecule has 0 radical (unpaired) electrons. The molecule has 0 spiro atoms. The van der Waals surface area contributed by atoms with Crippen molar-refractivity contribution in [1.29, 1.82) is 0 Å². The predicted octanol–water partition coefficient (Wildman–Crippen LogP) is 4.20. The monoisotopic (exact) mass is 536 g/mol. The average Bonchev–Trinajstić information content (AvgIpc) is 3.47. The summed E-state index contributed by atoms with van der Waals surface area (Å²) in [6.45, 7) is 5.06. The summed E-state index contributed by atoms with van der Waals surface area (Å²) in [7, 11) is -3.74. The molecule has 3 N–H and O–H groups in total. The number of anilines is 1. The Kier molecular flexibility index (Phi) is 6.45. The number of nitrogens with one attached hydrogen (secondary N) is 2. The molecular weight excluding hydrogens is 511 g/mol. The van der Waals surface area contributed by atoms with E-state index in [1.807, 2.05) is 0 Å². The van der Waals surface area contributed by atoms with E-state index in [2.05, 4.69) is 29.8 Å². The molecule has 0 amide bonds. The van der Waals surface area contributed by atoms with Gasteiger partial charge in [0.2, 0.25) is 16.0 Å². The van der Waals surface area contributed by atoms with Gasteiger partial charge in [-0.2, -0.15) is 0 Å². The topological polar surface area (TPSA) is 147 Å². The number of halogens is 1. The highest BCUT2D eigenvalue weighted by atomic mass is 32.2. The minimum absolute atomic E-state index is 0.00557. The summed E-state index contributed by atoms with van der Waals surface area (Å²) in [5, 5.41) is 16.4. The number of H-pyrrole nitrogens is 1. The quantitative estimate of drug-likeness (QED) is 0.267. The van der Waals surface area contributed by atoms with Gasteiger partial charge in [-0.25, -0.2) is 17.8 Å². The van der Waals surface area contributed by atoms with Crippen molar-refractivity contribution in [2.75, 3.05) is 10.5 Å². The van der Waals surface area contributed by atoms with Crippen LogP contribution in [-0.4, -0.2) is 44.4 Å². The number of hydrogen-bond acceptors (Lipinski definition) is 8. The number of aromatic nitrogens is 5. The predicted molar refractivity (Wildman–Crippen MR) is 139 cm³/mol. The second kappa shape index (κ2) is 9.62. The standard InChI is InChI=1S/C26H25FN6O4S/c1-4-13-38(35,36)33-25-30-23-18(14-17(22(27)24(23)31-25)21-15(2)32-37-16(21)3)26(34,19-9-5-7-11-28-19)20-10-6-8-12-29-20/h5-12,14,34H,4,13H2,1-3H3,(H2,30,31,33). The molecule has 196 valence electrons. The van der Waals surface area contributed by atoms with Crippen LogP contribution in [-0.2, 0) is 15.6 Å². The fourth-order valence-electron chi connectivity index (χ4n) is 4.54. The number of benzene rings is 1. The van der Waals surface area contributed by atoms with Crippen molar-refractivity contribution in [3.8, 4) is 11.1 Å². The van der Waals surface area contributed by atoms with Crippen LogP contribution in [0.25, 0.3) is 22.2 Å². The lowest BCUT2D eigenvalue weighted by molar-refractivity contribution is 0.117. The Morgan fingerprint density at radius 3 is 2.29 bits per heavy atom. The van der Waals surface area contributed by atoms with Gasteiger partial charge in [-0.15, -0.1) is 0 Å². The van der Waals surface area contributed by atoms with E-state index in [0.29, 0.717) is 23.4 Å². The van der Waals surface area contributed by atoms with Gasteiger partial charge in [0.05, 0.1) is 28.4 Å². The van der Waals surface area contributed by atoms with Gasteiger partial charge in [0.25, 0.3) is 0 Å². The second-order valence-corrected chi connectivity index (χ2v) is 10.7. The third-order valence-electron chi connectivity index (χ3n) is 6.19. The second-order valence-electron chi connectivity index (χ2n) is 8.86. The number of fused-ring (bicyclic) bond motifs is 1. The Balaban J connectivity index is 1.88.